The molecule has 0 aliphatic heterocycles. The van der Waals surface area contributed by atoms with Gasteiger partial charge in [0.2, 0.25) is 0 Å². The van der Waals surface area contributed by atoms with E-state index in [0.29, 0.717) is 0 Å². The van der Waals surface area contributed by atoms with Crippen molar-refractivity contribution >= 4 is 11.3 Å². The van der Waals surface area contributed by atoms with Crippen LogP contribution in [-0.4, -0.2) is 39.8 Å². The molecule has 0 aliphatic rings. The highest BCUT2D eigenvalue weighted by Gasteiger charge is 2.04. The van der Waals surface area contributed by atoms with Gasteiger partial charge in [-0.2, -0.15) is 0 Å². The fourth-order valence-electron chi connectivity index (χ4n) is 1.93. The Hall–Kier alpha value is -1.61. The lowest BCUT2D eigenvalue weighted by Gasteiger charge is -2.16. The van der Waals surface area contributed by atoms with Crippen LogP contribution in [0.15, 0.2) is 23.8 Å². The van der Waals surface area contributed by atoms with Crippen LogP contribution >= 0.6 is 11.3 Å². The van der Waals surface area contributed by atoms with E-state index in [1.165, 1.54) is 4.88 Å². The molecule has 0 radical (unpaired) electrons. The molecule has 20 heavy (non-hydrogen) atoms. The van der Waals surface area contributed by atoms with E-state index < -0.39 is 0 Å². The van der Waals surface area contributed by atoms with Gasteiger partial charge in [0.1, 0.15) is 12.4 Å². The lowest BCUT2D eigenvalue weighted by molar-refractivity contribution is 0.313. The van der Waals surface area contributed by atoms with Gasteiger partial charge < -0.3 is 9.67 Å². The van der Waals surface area contributed by atoms with E-state index in [0.717, 1.165) is 31.0 Å². The summed E-state index contributed by atoms with van der Waals surface area (Å²) >= 11 is 1.71. The van der Waals surface area contributed by atoms with Gasteiger partial charge in [0.25, 0.3) is 0 Å². The van der Waals surface area contributed by atoms with Gasteiger partial charge in [0.15, 0.2) is 0 Å². The quantitative estimate of drug-likeness (QED) is 0.852. The molecule has 0 saturated heterocycles. The Kier molecular flexibility index (Phi) is 5.36. The second kappa shape index (κ2) is 7.25. The highest BCUT2D eigenvalue weighted by molar-refractivity contribution is 7.10. The molecule has 2 rings (SSSR count). The molecule has 0 aromatic carbocycles. The largest absolute Gasteiger partial charge is 0.384 e. The third-order valence-corrected chi connectivity index (χ3v) is 3.96. The van der Waals surface area contributed by atoms with Crippen molar-refractivity contribution in [2.45, 2.75) is 20.0 Å². The Bertz CT molecular complexity index is 606. The topological polar surface area (TPSA) is 41.3 Å². The fraction of sp³-hybridized carbons (Fsp3) is 0.400. The van der Waals surface area contributed by atoms with Crippen LogP contribution in [0.25, 0.3) is 0 Å². The normalized spacial score (nSPS) is 10.6. The van der Waals surface area contributed by atoms with Gasteiger partial charge in [-0.3, -0.25) is 4.90 Å². The fourth-order valence-corrected chi connectivity index (χ4v) is 2.83. The van der Waals surface area contributed by atoms with E-state index in [1.807, 2.05) is 24.7 Å². The lowest BCUT2D eigenvalue weighted by atomic mass is 10.3. The Morgan fingerprint density at radius 3 is 3.05 bits per heavy atom. The van der Waals surface area contributed by atoms with Gasteiger partial charge in [0, 0.05) is 47.8 Å². The summed E-state index contributed by atoms with van der Waals surface area (Å²) in [5.74, 6) is 6.65. The number of aliphatic hydroxyl groups is 1. The van der Waals surface area contributed by atoms with Crippen LogP contribution in [-0.2, 0) is 13.1 Å². The number of aliphatic hydroxyl groups excluding tert-OH is 1. The smallest absolute Gasteiger partial charge is 0.105 e. The summed E-state index contributed by atoms with van der Waals surface area (Å²) in [4.78, 5) is 7.80. The Morgan fingerprint density at radius 1 is 1.50 bits per heavy atom. The summed E-state index contributed by atoms with van der Waals surface area (Å²) < 4.78 is 2.16. The first-order chi connectivity index (χ1) is 9.69. The molecule has 1 N–H and O–H groups in total. The zero-order chi connectivity index (χ0) is 14.4. The van der Waals surface area contributed by atoms with Crippen LogP contribution in [0.4, 0.5) is 0 Å². The van der Waals surface area contributed by atoms with Gasteiger partial charge in [0.05, 0.1) is 0 Å². The van der Waals surface area contributed by atoms with E-state index in [2.05, 4.69) is 39.4 Å². The van der Waals surface area contributed by atoms with Crippen molar-refractivity contribution < 1.29 is 5.11 Å². The molecule has 0 spiro atoms. The third kappa shape index (κ3) is 4.20. The average Bonchev–Trinajstić information content (AvgIpc) is 3.03. The molecule has 0 aliphatic carbocycles. The van der Waals surface area contributed by atoms with Gasteiger partial charge in [-0.25, -0.2) is 4.98 Å². The molecule has 0 bridgehead atoms. The van der Waals surface area contributed by atoms with Gasteiger partial charge in [-0.05, 0) is 20.0 Å². The van der Waals surface area contributed by atoms with Crippen LogP contribution in [0, 0.1) is 18.8 Å². The van der Waals surface area contributed by atoms with Crippen LogP contribution in [0.5, 0.6) is 0 Å². The highest BCUT2D eigenvalue weighted by atomic mass is 32.1. The van der Waals surface area contributed by atoms with Gasteiger partial charge >= 0.3 is 0 Å². The molecule has 4 nitrogen and oxygen atoms in total. The monoisotopic (exact) mass is 289 g/mol. The zero-order valence-electron chi connectivity index (χ0n) is 11.8. The van der Waals surface area contributed by atoms with E-state index in [9.17, 15) is 0 Å². The molecule has 2 aromatic rings. The minimum absolute atomic E-state index is 0.0880. The number of likely N-dealkylation sites (N-methyl/N-ethyl adjacent to an activating group) is 1. The minimum atomic E-state index is -0.0880. The maximum Gasteiger partial charge on any atom is 0.105 e. The number of imidazole rings is 1. The van der Waals surface area contributed by atoms with Crippen molar-refractivity contribution in [3.63, 3.8) is 0 Å². The average molecular weight is 289 g/mol. The molecule has 2 aromatic heterocycles. The van der Waals surface area contributed by atoms with Crippen LogP contribution in [0.3, 0.4) is 0 Å². The molecule has 106 valence electrons. The number of hydrogen-bond donors (Lipinski definition) is 1. The summed E-state index contributed by atoms with van der Waals surface area (Å²) in [7, 11) is 2.12. The van der Waals surface area contributed by atoms with Crippen molar-refractivity contribution in [2.24, 2.45) is 0 Å². The number of aryl methyl sites for hydroxylation is 1. The molecule has 5 heteroatoms. The molecular weight excluding hydrogens is 270 g/mol. The van der Waals surface area contributed by atoms with Crippen LogP contribution < -0.4 is 0 Å². The van der Waals surface area contributed by atoms with Crippen molar-refractivity contribution in [1.29, 1.82) is 0 Å². The number of aromatic nitrogens is 2. The Morgan fingerprint density at radius 2 is 2.35 bits per heavy atom. The van der Waals surface area contributed by atoms with Crippen molar-refractivity contribution in [1.82, 2.24) is 14.5 Å². The van der Waals surface area contributed by atoms with Crippen molar-refractivity contribution in [3.8, 4) is 11.8 Å². The number of rotatable bonds is 5. The molecule has 0 fully saturated rings. The van der Waals surface area contributed by atoms with Gasteiger partial charge in [-0.1, -0.05) is 11.8 Å². The first-order valence-corrected chi connectivity index (χ1v) is 7.40. The molecule has 0 saturated carbocycles. The Balaban J connectivity index is 1.83. The molecule has 0 amide bonds. The molecule has 0 atom stereocenters. The summed E-state index contributed by atoms with van der Waals surface area (Å²) in [5, 5.41) is 10.7. The SMILES string of the molecule is Cc1nccn1CCN(C)Cc1cc(C#CCO)cs1. The highest BCUT2D eigenvalue weighted by Crippen LogP contribution is 2.15. The minimum Gasteiger partial charge on any atom is -0.384 e. The summed E-state index contributed by atoms with van der Waals surface area (Å²) in [5.41, 5.74) is 0.984. The maximum absolute atomic E-state index is 8.68. The van der Waals surface area contributed by atoms with E-state index in [1.54, 1.807) is 11.3 Å². The van der Waals surface area contributed by atoms with E-state index in [-0.39, 0.29) is 6.61 Å². The van der Waals surface area contributed by atoms with Crippen LogP contribution in [0.1, 0.15) is 16.3 Å². The molecule has 2 heterocycles. The zero-order valence-corrected chi connectivity index (χ0v) is 12.7. The lowest BCUT2D eigenvalue weighted by Crippen LogP contribution is -2.22. The number of nitrogens with zero attached hydrogens (tertiary/aromatic N) is 3. The molecule has 0 unspecified atom stereocenters. The second-order valence-electron chi connectivity index (χ2n) is 4.67. The Labute approximate surface area is 123 Å². The summed E-state index contributed by atoms with van der Waals surface area (Å²) in [6, 6.07) is 2.09. The van der Waals surface area contributed by atoms with E-state index >= 15 is 0 Å². The third-order valence-electron chi connectivity index (χ3n) is 3.04. The standard InChI is InChI=1S/C15H19N3OS/c1-13-16-5-6-18(13)8-7-17(2)11-15-10-14(12-20-15)4-3-9-19/h5-6,10,12,19H,7-9,11H2,1-2H3. The van der Waals surface area contributed by atoms with Gasteiger partial charge in [-0.15, -0.1) is 11.3 Å². The predicted octanol–water partition coefficient (Wildman–Crippen LogP) is 1.73. The second-order valence-corrected chi connectivity index (χ2v) is 5.66. The first kappa shape index (κ1) is 14.8. The maximum atomic E-state index is 8.68. The van der Waals surface area contributed by atoms with E-state index in [4.69, 9.17) is 5.11 Å². The predicted molar refractivity (Wildman–Crippen MR) is 81.6 cm³/mol. The summed E-state index contributed by atoms with van der Waals surface area (Å²) in [6.07, 6.45) is 3.84. The van der Waals surface area contributed by atoms with Crippen LogP contribution in [0.2, 0.25) is 0 Å². The number of hydrogen-bond acceptors (Lipinski definition) is 4. The van der Waals surface area contributed by atoms with Crippen molar-refractivity contribution in [2.75, 3.05) is 20.2 Å². The number of thiophene rings is 1. The summed E-state index contributed by atoms with van der Waals surface area (Å²) in [6.45, 7) is 4.78. The van der Waals surface area contributed by atoms with Crippen molar-refractivity contribution in [3.05, 3.63) is 40.1 Å². The molecular formula is C15H19N3OS. The first-order valence-electron chi connectivity index (χ1n) is 6.52.